The zero-order chi connectivity index (χ0) is 21.8. The molecule has 0 unspecified atom stereocenters. The Balaban J connectivity index is 1.72. The van der Waals surface area contributed by atoms with E-state index in [2.05, 4.69) is 4.90 Å². The van der Waals surface area contributed by atoms with Gasteiger partial charge < -0.3 is 23.7 Å². The van der Waals surface area contributed by atoms with Gasteiger partial charge in [-0.25, -0.2) is 0 Å². The van der Waals surface area contributed by atoms with Crippen molar-refractivity contribution >= 4 is 5.97 Å². The molecule has 8 nitrogen and oxygen atoms in total. The summed E-state index contributed by atoms with van der Waals surface area (Å²) in [5, 5.41) is 10.6. The van der Waals surface area contributed by atoms with Gasteiger partial charge in [0, 0.05) is 6.07 Å². The lowest BCUT2D eigenvalue weighted by Gasteiger charge is -2.26. The molecule has 0 amide bonds. The Morgan fingerprint density at radius 1 is 1.13 bits per heavy atom. The van der Waals surface area contributed by atoms with Crippen molar-refractivity contribution in [1.82, 2.24) is 4.90 Å². The molecule has 8 heteroatoms. The van der Waals surface area contributed by atoms with Crippen LogP contribution in [-0.4, -0.2) is 49.4 Å². The van der Waals surface area contributed by atoms with E-state index < -0.39 is 23.1 Å². The summed E-state index contributed by atoms with van der Waals surface area (Å²) in [7, 11) is 1.30. The first-order valence-corrected chi connectivity index (χ1v) is 10.6. The van der Waals surface area contributed by atoms with Crippen LogP contribution in [0.25, 0.3) is 0 Å². The summed E-state index contributed by atoms with van der Waals surface area (Å²) in [6, 6.07) is 6.60. The van der Waals surface area contributed by atoms with Gasteiger partial charge in [-0.05, 0) is 43.6 Å². The Labute approximate surface area is 180 Å². The third kappa shape index (κ3) is 4.85. The van der Waals surface area contributed by atoms with Crippen molar-refractivity contribution < 1.29 is 28.5 Å². The summed E-state index contributed by atoms with van der Waals surface area (Å²) in [5.74, 6) is -0.0122. The summed E-state index contributed by atoms with van der Waals surface area (Å²) < 4.78 is 22.1. The Morgan fingerprint density at radius 3 is 2.61 bits per heavy atom. The quantitative estimate of drug-likeness (QED) is 0.700. The molecule has 2 aliphatic heterocycles. The SMILES string of the molecule is COC(=O)C[C@@H](c1ccc2c(c1)OCCO2)c1oc(CN2CCCCC2)cc(=O)c1O. The fourth-order valence-corrected chi connectivity index (χ4v) is 4.10. The molecule has 0 bridgehead atoms. The molecule has 0 spiro atoms. The average Bonchev–Trinajstić information content (AvgIpc) is 2.80. The van der Waals surface area contributed by atoms with Crippen LogP contribution in [0.1, 0.15) is 48.7 Å². The van der Waals surface area contributed by atoms with Crippen LogP contribution in [0, 0.1) is 0 Å². The van der Waals surface area contributed by atoms with Crippen LogP contribution in [0.15, 0.2) is 33.5 Å². The fourth-order valence-electron chi connectivity index (χ4n) is 4.10. The average molecular weight is 429 g/mol. The van der Waals surface area contributed by atoms with E-state index >= 15 is 0 Å². The third-order valence-corrected chi connectivity index (χ3v) is 5.71. The topological polar surface area (TPSA) is 98.4 Å². The smallest absolute Gasteiger partial charge is 0.306 e. The molecule has 1 aromatic heterocycles. The van der Waals surface area contributed by atoms with Crippen molar-refractivity contribution in [2.45, 2.75) is 38.1 Å². The van der Waals surface area contributed by atoms with Gasteiger partial charge in [-0.3, -0.25) is 14.5 Å². The lowest BCUT2D eigenvalue weighted by molar-refractivity contribution is -0.140. The van der Waals surface area contributed by atoms with Crippen molar-refractivity contribution in [3.05, 3.63) is 51.6 Å². The molecule has 4 rings (SSSR count). The zero-order valence-electron chi connectivity index (χ0n) is 17.6. The number of ether oxygens (including phenoxy) is 3. The maximum atomic E-state index is 12.5. The largest absolute Gasteiger partial charge is 0.502 e. The molecule has 0 aliphatic carbocycles. The molecule has 1 saturated heterocycles. The number of nitrogens with zero attached hydrogens (tertiary/aromatic N) is 1. The second-order valence-corrected chi connectivity index (χ2v) is 7.86. The number of piperidine rings is 1. The molecule has 166 valence electrons. The van der Waals surface area contributed by atoms with Gasteiger partial charge in [0.05, 0.1) is 26.0 Å². The van der Waals surface area contributed by atoms with Crippen LogP contribution in [0.5, 0.6) is 17.2 Å². The Kier molecular flexibility index (Phi) is 6.46. The van der Waals surface area contributed by atoms with Crippen LogP contribution in [-0.2, 0) is 16.1 Å². The highest BCUT2D eigenvalue weighted by atomic mass is 16.6. The number of carbonyl (C=O) groups is 1. The molecule has 2 aromatic rings. The molecule has 1 aromatic carbocycles. The maximum absolute atomic E-state index is 12.5. The molecule has 0 saturated carbocycles. The van der Waals surface area contributed by atoms with Crippen LogP contribution in [0.3, 0.4) is 0 Å². The monoisotopic (exact) mass is 429 g/mol. The molecule has 3 heterocycles. The zero-order valence-corrected chi connectivity index (χ0v) is 17.6. The molecular formula is C23H27NO7. The number of aromatic hydroxyl groups is 1. The molecular weight excluding hydrogens is 402 g/mol. The van der Waals surface area contributed by atoms with Gasteiger partial charge in [-0.1, -0.05) is 12.5 Å². The van der Waals surface area contributed by atoms with Gasteiger partial charge in [0.15, 0.2) is 17.3 Å². The summed E-state index contributed by atoms with van der Waals surface area (Å²) in [4.78, 5) is 26.9. The lowest BCUT2D eigenvalue weighted by Crippen LogP contribution is -2.29. The number of carbonyl (C=O) groups excluding carboxylic acids is 1. The molecule has 1 fully saturated rings. The third-order valence-electron chi connectivity index (χ3n) is 5.71. The highest BCUT2D eigenvalue weighted by molar-refractivity contribution is 5.71. The first-order valence-electron chi connectivity index (χ1n) is 10.6. The van der Waals surface area contributed by atoms with Gasteiger partial charge in [0.2, 0.25) is 11.2 Å². The van der Waals surface area contributed by atoms with Crippen LogP contribution in [0.2, 0.25) is 0 Å². The minimum Gasteiger partial charge on any atom is -0.502 e. The van der Waals surface area contributed by atoms with Gasteiger partial charge in [-0.15, -0.1) is 0 Å². The van der Waals surface area contributed by atoms with E-state index in [0.29, 0.717) is 42.6 Å². The van der Waals surface area contributed by atoms with E-state index in [0.717, 1.165) is 25.9 Å². The van der Waals surface area contributed by atoms with E-state index in [4.69, 9.17) is 18.6 Å². The number of fused-ring (bicyclic) bond motifs is 1. The van der Waals surface area contributed by atoms with E-state index in [1.807, 2.05) is 0 Å². The molecule has 1 N–H and O–H groups in total. The maximum Gasteiger partial charge on any atom is 0.306 e. The first-order chi connectivity index (χ1) is 15.0. The normalized spacial score (nSPS) is 17.2. The van der Waals surface area contributed by atoms with Crippen molar-refractivity contribution in [3.63, 3.8) is 0 Å². The second kappa shape index (κ2) is 9.43. The number of likely N-dealkylation sites (tertiary alicyclic amines) is 1. The molecule has 31 heavy (non-hydrogen) atoms. The van der Waals surface area contributed by atoms with E-state index in [-0.39, 0.29) is 12.2 Å². The first kappa shape index (κ1) is 21.2. The van der Waals surface area contributed by atoms with Gasteiger partial charge in [0.25, 0.3) is 0 Å². The van der Waals surface area contributed by atoms with E-state index in [1.54, 1.807) is 18.2 Å². The van der Waals surface area contributed by atoms with Crippen LogP contribution in [0.4, 0.5) is 0 Å². The number of esters is 1. The Morgan fingerprint density at radius 2 is 1.87 bits per heavy atom. The van der Waals surface area contributed by atoms with Gasteiger partial charge in [0.1, 0.15) is 19.0 Å². The lowest BCUT2D eigenvalue weighted by atomic mass is 9.91. The van der Waals surface area contributed by atoms with Crippen LogP contribution < -0.4 is 14.9 Å². The number of hydrogen-bond donors (Lipinski definition) is 1. The summed E-state index contributed by atoms with van der Waals surface area (Å²) in [6.07, 6.45) is 3.32. The second-order valence-electron chi connectivity index (χ2n) is 7.86. The van der Waals surface area contributed by atoms with Crippen molar-refractivity contribution in [1.29, 1.82) is 0 Å². The molecule has 2 aliphatic rings. The summed E-state index contributed by atoms with van der Waals surface area (Å²) in [5.41, 5.74) is 0.129. The predicted molar refractivity (Wildman–Crippen MR) is 112 cm³/mol. The Hall–Kier alpha value is -3.00. The van der Waals surface area contributed by atoms with Gasteiger partial charge in [-0.2, -0.15) is 0 Å². The number of methoxy groups -OCH3 is 1. The standard InChI is InChI=1S/C23H27NO7/c1-28-21(26)13-17(15-5-6-19-20(11-15)30-10-9-29-19)23-22(27)18(25)12-16(31-23)14-24-7-3-2-4-8-24/h5-6,11-12,17,27H,2-4,7-10,13-14H2,1H3/t17-/m0/s1. The number of rotatable bonds is 6. The minimum absolute atomic E-state index is 0.0570. The molecule has 0 radical (unpaired) electrons. The van der Waals surface area contributed by atoms with E-state index in [1.165, 1.54) is 19.6 Å². The summed E-state index contributed by atoms with van der Waals surface area (Å²) in [6.45, 7) is 3.24. The van der Waals surface area contributed by atoms with E-state index in [9.17, 15) is 14.7 Å². The fraction of sp³-hybridized carbons (Fsp3) is 0.478. The summed E-state index contributed by atoms with van der Waals surface area (Å²) >= 11 is 0. The van der Waals surface area contributed by atoms with Crippen molar-refractivity contribution in [3.8, 4) is 17.2 Å². The van der Waals surface area contributed by atoms with Gasteiger partial charge >= 0.3 is 5.97 Å². The van der Waals surface area contributed by atoms with Crippen molar-refractivity contribution in [2.75, 3.05) is 33.4 Å². The van der Waals surface area contributed by atoms with Crippen molar-refractivity contribution in [2.24, 2.45) is 0 Å². The number of hydrogen-bond acceptors (Lipinski definition) is 8. The Bertz CT molecular complexity index is 994. The molecule has 1 atom stereocenters. The minimum atomic E-state index is -0.711. The highest BCUT2D eigenvalue weighted by Crippen LogP contribution is 2.38. The predicted octanol–water partition coefficient (Wildman–Crippen LogP) is 2.80. The highest BCUT2D eigenvalue weighted by Gasteiger charge is 2.28. The van der Waals surface area contributed by atoms with Crippen LogP contribution >= 0.6 is 0 Å². The number of benzene rings is 1.